The van der Waals surface area contributed by atoms with Gasteiger partial charge in [-0.15, -0.1) is 0 Å². The number of benzene rings is 1. The quantitative estimate of drug-likeness (QED) is 0.848. The lowest BCUT2D eigenvalue weighted by Gasteiger charge is -2.19. The average molecular weight is 262 g/mol. The van der Waals surface area contributed by atoms with Crippen LogP contribution in [0.1, 0.15) is 19.3 Å². The number of nitrogens with zero attached hydrogens (tertiary/aromatic N) is 1. The molecule has 19 heavy (non-hydrogen) atoms. The van der Waals surface area contributed by atoms with Crippen molar-refractivity contribution in [3.05, 3.63) is 30.3 Å². The number of hydrogen-bond acceptors (Lipinski definition) is 3. The first-order chi connectivity index (χ1) is 9.25. The third-order valence-electron chi connectivity index (χ3n) is 3.55. The molecule has 4 nitrogen and oxygen atoms in total. The molecular formula is C15H22N2O2. The minimum Gasteiger partial charge on any atom is -0.493 e. The van der Waals surface area contributed by atoms with Gasteiger partial charge in [-0.25, -0.2) is 0 Å². The van der Waals surface area contributed by atoms with E-state index < -0.39 is 0 Å². The Kier molecular flexibility index (Phi) is 5.21. The van der Waals surface area contributed by atoms with Gasteiger partial charge in [0.15, 0.2) is 0 Å². The second-order valence-corrected chi connectivity index (χ2v) is 4.99. The maximum Gasteiger partial charge on any atom is 0.223 e. The van der Waals surface area contributed by atoms with Crippen LogP contribution in [0.5, 0.6) is 5.75 Å². The third-order valence-corrected chi connectivity index (χ3v) is 3.55. The first-order valence-corrected chi connectivity index (χ1v) is 6.90. The molecule has 0 radical (unpaired) electrons. The minimum atomic E-state index is 0.0660. The molecule has 1 heterocycles. The predicted molar refractivity (Wildman–Crippen MR) is 75.2 cm³/mol. The molecule has 1 fully saturated rings. The number of likely N-dealkylation sites (tertiary alicyclic amines) is 1. The third kappa shape index (κ3) is 4.56. The van der Waals surface area contributed by atoms with Gasteiger partial charge in [0, 0.05) is 12.6 Å². The summed E-state index contributed by atoms with van der Waals surface area (Å²) in [6.07, 6.45) is 2.82. The van der Waals surface area contributed by atoms with E-state index in [0.29, 0.717) is 19.1 Å². The number of amides is 1. The van der Waals surface area contributed by atoms with Crippen molar-refractivity contribution in [1.82, 2.24) is 10.2 Å². The zero-order valence-electron chi connectivity index (χ0n) is 11.5. The molecule has 2 rings (SSSR count). The van der Waals surface area contributed by atoms with Crippen LogP contribution < -0.4 is 10.1 Å². The molecule has 1 atom stereocenters. The molecule has 1 N–H and O–H groups in total. The minimum absolute atomic E-state index is 0.0660. The fourth-order valence-electron chi connectivity index (χ4n) is 2.34. The Labute approximate surface area is 114 Å². The van der Waals surface area contributed by atoms with Gasteiger partial charge < -0.3 is 15.0 Å². The van der Waals surface area contributed by atoms with E-state index in [-0.39, 0.29) is 5.91 Å². The molecule has 0 aliphatic carbocycles. The molecule has 1 aliphatic heterocycles. The van der Waals surface area contributed by atoms with Gasteiger partial charge in [0.05, 0.1) is 13.0 Å². The standard InChI is InChI=1S/C15H22N2O2/c1-17-10-5-6-13(17)12-16-15(18)9-11-19-14-7-3-2-4-8-14/h2-4,7-8,13H,5-6,9-12H2,1H3,(H,16,18). The van der Waals surface area contributed by atoms with Gasteiger partial charge in [-0.3, -0.25) is 4.79 Å². The van der Waals surface area contributed by atoms with Crippen molar-refractivity contribution in [3.63, 3.8) is 0 Å². The fourth-order valence-corrected chi connectivity index (χ4v) is 2.34. The van der Waals surface area contributed by atoms with Crippen molar-refractivity contribution < 1.29 is 9.53 Å². The van der Waals surface area contributed by atoms with Crippen molar-refractivity contribution in [3.8, 4) is 5.75 Å². The lowest BCUT2D eigenvalue weighted by atomic mass is 10.2. The predicted octanol–water partition coefficient (Wildman–Crippen LogP) is 1.67. The van der Waals surface area contributed by atoms with E-state index >= 15 is 0 Å². The van der Waals surface area contributed by atoms with Gasteiger partial charge in [-0.1, -0.05) is 18.2 Å². The first-order valence-electron chi connectivity index (χ1n) is 6.90. The maximum atomic E-state index is 11.7. The lowest BCUT2D eigenvalue weighted by molar-refractivity contribution is -0.121. The molecule has 0 saturated carbocycles. The van der Waals surface area contributed by atoms with Gasteiger partial charge in [0.2, 0.25) is 5.91 Å². The molecule has 1 aromatic rings. The zero-order valence-corrected chi connectivity index (χ0v) is 11.5. The van der Waals surface area contributed by atoms with E-state index in [0.717, 1.165) is 18.8 Å². The van der Waals surface area contributed by atoms with Crippen LogP contribution in [0.2, 0.25) is 0 Å². The van der Waals surface area contributed by atoms with Crippen molar-refractivity contribution in [2.75, 3.05) is 26.7 Å². The highest BCUT2D eigenvalue weighted by molar-refractivity contribution is 5.76. The van der Waals surface area contributed by atoms with Crippen LogP contribution in [0.25, 0.3) is 0 Å². The van der Waals surface area contributed by atoms with E-state index in [1.165, 1.54) is 12.8 Å². The van der Waals surface area contributed by atoms with E-state index in [1.54, 1.807) is 0 Å². The van der Waals surface area contributed by atoms with E-state index in [4.69, 9.17) is 4.74 Å². The van der Waals surface area contributed by atoms with Crippen LogP contribution in [-0.2, 0) is 4.79 Å². The fraction of sp³-hybridized carbons (Fsp3) is 0.533. The summed E-state index contributed by atoms with van der Waals surface area (Å²) in [6, 6.07) is 10.1. The second-order valence-electron chi connectivity index (χ2n) is 4.99. The summed E-state index contributed by atoms with van der Waals surface area (Å²) >= 11 is 0. The average Bonchev–Trinajstić information content (AvgIpc) is 2.83. The number of hydrogen-bond donors (Lipinski definition) is 1. The van der Waals surface area contributed by atoms with Gasteiger partial charge in [0.25, 0.3) is 0 Å². The lowest BCUT2D eigenvalue weighted by Crippen LogP contribution is -2.38. The molecule has 1 unspecified atom stereocenters. The molecule has 0 aromatic heterocycles. The zero-order chi connectivity index (χ0) is 13.5. The van der Waals surface area contributed by atoms with E-state index in [1.807, 2.05) is 30.3 Å². The topological polar surface area (TPSA) is 41.6 Å². The molecule has 1 saturated heterocycles. The summed E-state index contributed by atoms with van der Waals surface area (Å²) in [4.78, 5) is 14.0. The number of ether oxygens (including phenoxy) is 1. The molecular weight excluding hydrogens is 240 g/mol. The summed E-state index contributed by atoms with van der Waals surface area (Å²) < 4.78 is 5.50. The van der Waals surface area contributed by atoms with E-state index in [2.05, 4.69) is 17.3 Å². The number of carbonyl (C=O) groups is 1. The summed E-state index contributed by atoms with van der Waals surface area (Å²) in [7, 11) is 2.11. The Morgan fingerprint density at radius 1 is 1.42 bits per heavy atom. The van der Waals surface area contributed by atoms with Gasteiger partial charge in [-0.2, -0.15) is 0 Å². The van der Waals surface area contributed by atoms with E-state index in [9.17, 15) is 4.79 Å². The Morgan fingerprint density at radius 2 is 2.21 bits per heavy atom. The molecule has 0 spiro atoms. The number of likely N-dealkylation sites (N-methyl/N-ethyl adjacent to an activating group) is 1. The van der Waals surface area contributed by atoms with Crippen molar-refractivity contribution in [2.45, 2.75) is 25.3 Å². The summed E-state index contributed by atoms with van der Waals surface area (Å²) in [6.45, 7) is 2.31. The highest BCUT2D eigenvalue weighted by Gasteiger charge is 2.20. The monoisotopic (exact) mass is 262 g/mol. The Bertz CT molecular complexity index is 394. The van der Waals surface area contributed by atoms with Crippen LogP contribution in [0, 0.1) is 0 Å². The molecule has 1 aliphatic rings. The number of rotatable bonds is 6. The van der Waals surface area contributed by atoms with Crippen LogP contribution in [0.4, 0.5) is 0 Å². The number of carbonyl (C=O) groups excluding carboxylic acids is 1. The normalized spacial score (nSPS) is 19.3. The van der Waals surface area contributed by atoms with Crippen molar-refractivity contribution >= 4 is 5.91 Å². The Morgan fingerprint density at radius 3 is 2.89 bits per heavy atom. The van der Waals surface area contributed by atoms with Crippen LogP contribution >= 0.6 is 0 Å². The molecule has 0 bridgehead atoms. The second kappa shape index (κ2) is 7.14. The number of para-hydroxylation sites is 1. The number of nitrogens with one attached hydrogen (secondary N) is 1. The van der Waals surface area contributed by atoms with Crippen molar-refractivity contribution in [1.29, 1.82) is 0 Å². The SMILES string of the molecule is CN1CCCC1CNC(=O)CCOc1ccccc1. The molecule has 1 amide bonds. The van der Waals surface area contributed by atoms with Crippen molar-refractivity contribution in [2.24, 2.45) is 0 Å². The largest absolute Gasteiger partial charge is 0.493 e. The molecule has 104 valence electrons. The Balaban J connectivity index is 1.59. The molecule has 1 aromatic carbocycles. The van der Waals surface area contributed by atoms with Gasteiger partial charge >= 0.3 is 0 Å². The Hall–Kier alpha value is -1.55. The van der Waals surface area contributed by atoms with Gasteiger partial charge in [0.1, 0.15) is 5.75 Å². The van der Waals surface area contributed by atoms with Crippen LogP contribution in [0.15, 0.2) is 30.3 Å². The molecule has 4 heteroatoms. The summed E-state index contributed by atoms with van der Waals surface area (Å²) in [5.41, 5.74) is 0. The summed E-state index contributed by atoms with van der Waals surface area (Å²) in [5, 5.41) is 2.98. The smallest absolute Gasteiger partial charge is 0.223 e. The summed E-state index contributed by atoms with van der Waals surface area (Å²) in [5.74, 6) is 0.877. The highest BCUT2D eigenvalue weighted by atomic mass is 16.5. The van der Waals surface area contributed by atoms with Gasteiger partial charge in [-0.05, 0) is 38.6 Å². The van der Waals surface area contributed by atoms with Crippen LogP contribution in [-0.4, -0.2) is 43.6 Å². The first kappa shape index (κ1) is 13.9. The van der Waals surface area contributed by atoms with Crippen LogP contribution in [0.3, 0.4) is 0 Å². The maximum absolute atomic E-state index is 11.7. The highest BCUT2D eigenvalue weighted by Crippen LogP contribution is 2.13.